The third-order valence-electron chi connectivity index (χ3n) is 4.34. The van der Waals surface area contributed by atoms with Gasteiger partial charge in [-0.3, -0.25) is 14.5 Å². The van der Waals surface area contributed by atoms with E-state index in [-0.39, 0.29) is 29.6 Å². The van der Waals surface area contributed by atoms with Crippen molar-refractivity contribution in [3.63, 3.8) is 0 Å². The number of rotatable bonds is 4. The Morgan fingerprint density at radius 3 is 2.22 bits per heavy atom. The van der Waals surface area contributed by atoms with Gasteiger partial charge in [0.2, 0.25) is 11.8 Å². The number of nitrogens with zero attached hydrogens (tertiary/aromatic N) is 1. The van der Waals surface area contributed by atoms with Crippen LogP contribution in [0.5, 0.6) is 0 Å². The first-order chi connectivity index (χ1) is 8.49. The lowest BCUT2D eigenvalue weighted by Gasteiger charge is -2.28. The van der Waals surface area contributed by atoms with Crippen LogP contribution in [0.3, 0.4) is 0 Å². The van der Waals surface area contributed by atoms with Gasteiger partial charge in [0.25, 0.3) is 0 Å². The van der Waals surface area contributed by atoms with Crippen molar-refractivity contribution >= 4 is 17.8 Å². The van der Waals surface area contributed by atoms with Crippen LogP contribution in [0.4, 0.5) is 0 Å². The summed E-state index contributed by atoms with van der Waals surface area (Å²) in [5.74, 6) is -2.35. The lowest BCUT2D eigenvalue weighted by Crippen LogP contribution is -2.49. The van der Waals surface area contributed by atoms with Gasteiger partial charge in [0, 0.05) is 0 Å². The molecule has 0 aromatic carbocycles. The molecule has 1 heterocycles. The van der Waals surface area contributed by atoms with Crippen molar-refractivity contribution in [1.29, 1.82) is 0 Å². The molecule has 0 bridgehead atoms. The highest BCUT2D eigenvalue weighted by Crippen LogP contribution is 2.41. The van der Waals surface area contributed by atoms with Crippen molar-refractivity contribution in [1.82, 2.24) is 4.90 Å². The minimum absolute atomic E-state index is 0.214. The fraction of sp³-hybridized carbons (Fsp3) is 0.769. The molecule has 4 atom stereocenters. The minimum atomic E-state index is -1.08. The number of aliphatic carboxylic acids is 1. The molecule has 1 aliphatic carbocycles. The highest BCUT2D eigenvalue weighted by molar-refractivity contribution is 6.08. The Kier molecular flexibility index (Phi) is 3.41. The summed E-state index contributed by atoms with van der Waals surface area (Å²) in [5, 5.41) is 9.29. The normalized spacial score (nSPS) is 30.4. The Hall–Kier alpha value is -1.39. The summed E-state index contributed by atoms with van der Waals surface area (Å²) in [6.45, 7) is 3.64. The molecule has 1 saturated heterocycles. The number of hydrogen-bond donors (Lipinski definition) is 1. The number of carboxylic acid groups (broad SMARTS) is 1. The van der Waals surface area contributed by atoms with Gasteiger partial charge >= 0.3 is 5.97 Å². The number of likely N-dealkylation sites (tertiary alicyclic amines) is 1. The smallest absolute Gasteiger partial charge is 0.327 e. The van der Waals surface area contributed by atoms with Crippen molar-refractivity contribution in [3.8, 4) is 0 Å². The molecular weight excluding hydrogens is 234 g/mol. The van der Waals surface area contributed by atoms with Crippen molar-refractivity contribution < 1.29 is 19.5 Å². The Bertz CT molecular complexity index is 370. The molecule has 4 unspecified atom stereocenters. The number of carbonyl (C=O) groups excluding carboxylic acids is 2. The Labute approximate surface area is 106 Å². The van der Waals surface area contributed by atoms with E-state index in [9.17, 15) is 19.5 Å². The monoisotopic (exact) mass is 253 g/mol. The highest BCUT2D eigenvalue weighted by Gasteiger charge is 2.53. The number of carbonyl (C=O) groups is 3. The maximum Gasteiger partial charge on any atom is 0.327 e. The summed E-state index contributed by atoms with van der Waals surface area (Å²) >= 11 is 0. The molecule has 100 valence electrons. The SMILES string of the molecule is CCC(C)C(C(=O)O)N1C(=O)C2CCCC2C1=O. The summed E-state index contributed by atoms with van der Waals surface area (Å²) in [6, 6.07) is -0.999. The lowest BCUT2D eigenvalue weighted by atomic mass is 9.97. The standard InChI is InChI=1S/C13H19NO4/c1-3-7(2)10(13(17)18)14-11(15)8-5-4-6-9(8)12(14)16/h7-10H,3-6H2,1-2H3,(H,17,18). The summed E-state index contributed by atoms with van der Waals surface area (Å²) < 4.78 is 0. The second kappa shape index (κ2) is 4.71. The zero-order valence-corrected chi connectivity index (χ0v) is 10.8. The molecule has 5 nitrogen and oxygen atoms in total. The molecule has 0 spiro atoms. The largest absolute Gasteiger partial charge is 0.480 e. The van der Waals surface area contributed by atoms with Crippen molar-refractivity contribution in [2.24, 2.45) is 17.8 Å². The van der Waals surface area contributed by atoms with Gasteiger partial charge in [-0.05, 0) is 18.8 Å². The molecule has 2 fully saturated rings. The Morgan fingerprint density at radius 2 is 1.83 bits per heavy atom. The van der Waals surface area contributed by atoms with Crippen LogP contribution in [0, 0.1) is 17.8 Å². The molecule has 5 heteroatoms. The van der Waals surface area contributed by atoms with Gasteiger partial charge in [-0.15, -0.1) is 0 Å². The number of imide groups is 1. The molecule has 2 rings (SSSR count). The minimum Gasteiger partial charge on any atom is -0.480 e. The van der Waals surface area contributed by atoms with E-state index in [1.54, 1.807) is 6.92 Å². The van der Waals surface area contributed by atoms with Crippen LogP contribution in [0.1, 0.15) is 39.5 Å². The molecule has 0 radical (unpaired) electrons. The number of amides is 2. The van der Waals surface area contributed by atoms with Crippen molar-refractivity contribution in [3.05, 3.63) is 0 Å². The van der Waals surface area contributed by atoms with Gasteiger partial charge in [0.1, 0.15) is 6.04 Å². The van der Waals surface area contributed by atoms with E-state index < -0.39 is 12.0 Å². The Morgan fingerprint density at radius 1 is 1.33 bits per heavy atom. The molecule has 2 amide bonds. The van der Waals surface area contributed by atoms with Crippen molar-refractivity contribution in [2.75, 3.05) is 0 Å². The lowest BCUT2D eigenvalue weighted by molar-refractivity contribution is -0.157. The summed E-state index contributed by atoms with van der Waals surface area (Å²) in [4.78, 5) is 36.8. The van der Waals surface area contributed by atoms with E-state index in [1.807, 2.05) is 6.92 Å². The van der Waals surface area contributed by atoms with E-state index in [2.05, 4.69) is 0 Å². The van der Waals surface area contributed by atoms with E-state index >= 15 is 0 Å². The predicted molar refractivity (Wildman–Crippen MR) is 63.6 cm³/mol. The maximum atomic E-state index is 12.2. The maximum absolute atomic E-state index is 12.2. The first-order valence-electron chi connectivity index (χ1n) is 6.58. The predicted octanol–water partition coefficient (Wildman–Crippen LogP) is 1.27. The van der Waals surface area contributed by atoms with Crippen LogP contribution < -0.4 is 0 Å². The average Bonchev–Trinajstić information content (AvgIpc) is 2.88. The molecule has 18 heavy (non-hydrogen) atoms. The summed E-state index contributed by atoms with van der Waals surface area (Å²) in [5.41, 5.74) is 0. The molecule has 0 aromatic heterocycles. The van der Waals surface area contributed by atoms with Gasteiger partial charge in [0.05, 0.1) is 11.8 Å². The fourth-order valence-corrected chi connectivity index (χ4v) is 3.12. The van der Waals surface area contributed by atoms with E-state index in [4.69, 9.17) is 0 Å². The van der Waals surface area contributed by atoms with Gasteiger partial charge in [-0.25, -0.2) is 4.79 Å². The van der Waals surface area contributed by atoms with Crippen LogP contribution in [0.15, 0.2) is 0 Å². The third-order valence-corrected chi connectivity index (χ3v) is 4.34. The zero-order chi connectivity index (χ0) is 13.4. The summed E-state index contributed by atoms with van der Waals surface area (Å²) in [6.07, 6.45) is 2.96. The quantitative estimate of drug-likeness (QED) is 0.766. The summed E-state index contributed by atoms with van der Waals surface area (Å²) in [7, 11) is 0. The second-order valence-electron chi connectivity index (χ2n) is 5.36. The molecule has 1 aliphatic heterocycles. The van der Waals surface area contributed by atoms with Crippen LogP contribution in [0.25, 0.3) is 0 Å². The molecule has 0 aromatic rings. The Balaban J connectivity index is 2.29. The molecule has 2 aliphatic rings. The molecule has 1 saturated carbocycles. The first kappa shape index (κ1) is 13.1. The van der Waals surface area contributed by atoms with E-state index in [0.717, 1.165) is 24.2 Å². The first-order valence-corrected chi connectivity index (χ1v) is 6.58. The van der Waals surface area contributed by atoms with E-state index in [0.29, 0.717) is 6.42 Å². The fourth-order valence-electron chi connectivity index (χ4n) is 3.12. The van der Waals surface area contributed by atoms with Crippen LogP contribution in [-0.2, 0) is 14.4 Å². The van der Waals surface area contributed by atoms with Gasteiger partial charge < -0.3 is 5.11 Å². The van der Waals surface area contributed by atoms with Crippen LogP contribution in [0.2, 0.25) is 0 Å². The molecule has 1 N–H and O–H groups in total. The average molecular weight is 253 g/mol. The highest BCUT2D eigenvalue weighted by atomic mass is 16.4. The van der Waals surface area contributed by atoms with Crippen LogP contribution in [-0.4, -0.2) is 33.8 Å². The van der Waals surface area contributed by atoms with Crippen LogP contribution >= 0.6 is 0 Å². The van der Waals surface area contributed by atoms with E-state index in [1.165, 1.54) is 0 Å². The number of carboxylic acids is 1. The molecular formula is C13H19NO4. The number of fused-ring (bicyclic) bond motifs is 1. The van der Waals surface area contributed by atoms with Gasteiger partial charge in [-0.1, -0.05) is 26.7 Å². The van der Waals surface area contributed by atoms with Gasteiger partial charge in [-0.2, -0.15) is 0 Å². The zero-order valence-electron chi connectivity index (χ0n) is 10.8. The second-order valence-corrected chi connectivity index (χ2v) is 5.36. The third kappa shape index (κ3) is 1.82. The number of hydrogen-bond acceptors (Lipinski definition) is 3. The van der Waals surface area contributed by atoms with Gasteiger partial charge in [0.15, 0.2) is 0 Å². The topological polar surface area (TPSA) is 74.7 Å². The van der Waals surface area contributed by atoms with Crippen molar-refractivity contribution in [2.45, 2.75) is 45.6 Å².